The van der Waals surface area contributed by atoms with E-state index in [-0.39, 0.29) is 22.8 Å². The highest BCUT2D eigenvalue weighted by Gasteiger charge is 2.36. The highest BCUT2D eigenvalue weighted by molar-refractivity contribution is 6.01. The third kappa shape index (κ3) is 2.90. The van der Waals surface area contributed by atoms with Crippen LogP contribution in [0.4, 0.5) is 4.39 Å². The van der Waals surface area contributed by atoms with Gasteiger partial charge in [-0.05, 0) is 55.1 Å². The molecule has 0 spiro atoms. The number of allylic oxidation sites excluding steroid dienone is 4. The molecule has 3 aliphatic rings. The van der Waals surface area contributed by atoms with E-state index in [1.165, 1.54) is 0 Å². The highest BCUT2D eigenvalue weighted by Crippen LogP contribution is 2.46. The van der Waals surface area contributed by atoms with Crippen LogP contribution >= 0.6 is 0 Å². The Kier molecular flexibility index (Phi) is 3.67. The maximum atomic E-state index is 14.2. The molecular formula is C23H19FN2O2. The van der Waals surface area contributed by atoms with Crippen molar-refractivity contribution < 1.29 is 13.6 Å². The molecule has 1 fully saturated rings. The second-order valence-corrected chi connectivity index (χ2v) is 8.34. The number of carbonyl (C=O) groups excluding carboxylic acids is 1. The van der Waals surface area contributed by atoms with Gasteiger partial charge in [-0.3, -0.25) is 4.79 Å². The van der Waals surface area contributed by atoms with Gasteiger partial charge in [-0.2, -0.15) is 9.37 Å². The Labute approximate surface area is 162 Å². The fourth-order valence-corrected chi connectivity index (χ4v) is 3.84. The lowest BCUT2D eigenvalue weighted by Gasteiger charge is -2.28. The maximum Gasteiger partial charge on any atom is 0.276 e. The Morgan fingerprint density at radius 2 is 2.07 bits per heavy atom. The van der Waals surface area contributed by atoms with Crippen LogP contribution in [0.15, 0.2) is 34.8 Å². The predicted molar refractivity (Wildman–Crippen MR) is 102 cm³/mol. The van der Waals surface area contributed by atoms with Crippen LogP contribution in [0.25, 0.3) is 5.57 Å². The Morgan fingerprint density at radius 3 is 2.89 bits per heavy atom. The van der Waals surface area contributed by atoms with Gasteiger partial charge in [0.15, 0.2) is 11.5 Å². The van der Waals surface area contributed by atoms with E-state index in [0.29, 0.717) is 23.1 Å². The first-order chi connectivity index (χ1) is 13.4. The van der Waals surface area contributed by atoms with Gasteiger partial charge in [-0.1, -0.05) is 32.1 Å². The summed E-state index contributed by atoms with van der Waals surface area (Å²) in [7, 11) is 0. The van der Waals surface area contributed by atoms with Gasteiger partial charge < -0.3 is 4.42 Å². The Hall–Kier alpha value is -3.00. The SMILES string of the molecule is CC1(C)CCc2nc(C#Cc3nc(F)c(C4=CC5CC5C=C4)o3)ccc2C1=O. The molecule has 2 aromatic heterocycles. The molecule has 2 unspecified atom stereocenters. The standard InChI is InChI=1S/C23H19FN2O2/c1-23(2)10-9-18-17(21(23)27)7-5-16(25-18)6-8-19-26-22(24)20(28-19)14-4-3-13-11-15(13)12-14/h3-5,7,12-13,15H,9-11H2,1-2H3. The van der Waals surface area contributed by atoms with Crippen molar-refractivity contribution in [3.05, 3.63) is 64.9 Å². The predicted octanol–water partition coefficient (Wildman–Crippen LogP) is 4.35. The molecule has 3 aliphatic carbocycles. The van der Waals surface area contributed by atoms with Crippen molar-refractivity contribution in [2.75, 3.05) is 0 Å². The second-order valence-electron chi connectivity index (χ2n) is 8.34. The largest absolute Gasteiger partial charge is 0.427 e. The van der Waals surface area contributed by atoms with Crippen LogP contribution in [0.5, 0.6) is 0 Å². The lowest BCUT2D eigenvalue weighted by Crippen LogP contribution is -2.31. The van der Waals surface area contributed by atoms with Crippen LogP contribution in [-0.2, 0) is 6.42 Å². The average Bonchev–Trinajstić information content (AvgIpc) is 3.36. The summed E-state index contributed by atoms with van der Waals surface area (Å²) >= 11 is 0. The molecule has 2 atom stereocenters. The zero-order valence-corrected chi connectivity index (χ0v) is 15.8. The van der Waals surface area contributed by atoms with E-state index >= 15 is 0 Å². The maximum absolute atomic E-state index is 14.2. The molecule has 0 N–H and O–H groups in total. The van der Waals surface area contributed by atoms with Crippen LogP contribution in [0, 0.1) is 35.0 Å². The van der Waals surface area contributed by atoms with E-state index < -0.39 is 5.95 Å². The van der Waals surface area contributed by atoms with Gasteiger partial charge in [0.25, 0.3) is 11.8 Å². The molecule has 2 aromatic rings. The lowest BCUT2D eigenvalue weighted by atomic mass is 9.75. The summed E-state index contributed by atoms with van der Waals surface area (Å²) in [5.41, 5.74) is 2.33. The van der Waals surface area contributed by atoms with Gasteiger partial charge in [-0.25, -0.2) is 4.98 Å². The second kappa shape index (κ2) is 6.00. The van der Waals surface area contributed by atoms with Crippen molar-refractivity contribution in [2.24, 2.45) is 17.3 Å². The minimum Gasteiger partial charge on any atom is -0.427 e. The molecular weight excluding hydrogens is 355 g/mol. The molecule has 5 heteroatoms. The van der Waals surface area contributed by atoms with E-state index in [2.05, 4.69) is 27.9 Å². The highest BCUT2D eigenvalue weighted by atomic mass is 19.1. The first-order valence-electron chi connectivity index (χ1n) is 9.54. The van der Waals surface area contributed by atoms with Gasteiger partial charge in [-0.15, -0.1) is 0 Å². The monoisotopic (exact) mass is 374 g/mol. The molecule has 0 bridgehead atoms. The Morgan fingerprint density at radius 1 is 1.21 bits per heavy atom. The number of ketones is 1. The number of halogens is 1. The van der Waals surface area contributed by atoms with E-state index in [0.717, 1.165) is 30.5 Å². The first kappa shape index (κ1) is 17.1. The van der Waals surface area contributed by atoms with E-state index in [9.17, 15) is 9.18 Å². The van der Waals surface area contributed by atoms with E-state index in [1.807, 2.05) is 26.0 Å². The smallest absolute Gasteiger partial charge is 0.276 e. The molecule has 0 amide bonds. The lowest BCUT2D eigenvalue weighted by molar-refractivity contribution is 0.0809. The van der Waals surface area contributed by atoms with Crippen molar-refractivity contribution in [2.45, 2.75) is 33.1 Å². The number of hydrogen-bond acceptors (Lipinski definition) is 4. The topological polar surface area (TPSA) is 56.0 Å². The molecule has 0 saturated heterocycles. The first-order valence-corrected chi connectivity index (χ1v) is 9.54. The van der Waals surface area contributed by atoms with Crippen LogP contribution < -0.4 is 0 Å². The molecule has 5 rings (SSSR count). The van der Waals surface area contributed by atoms with Crippen molar-refractivity contribution in [3.63, 3.8) is 0 Å². The number of rotatable bonds is 1. The summed E-state index contributed by atoms with van der Waals surface area (Å²) in [5.74, 6) is 6.35. The van der Waals surface area contributed by atoms with Gasteiger partial charge in [0.1, 0.15) is 5.69 Å². The van der Waals surface area contributed by atoms with Gasteiger partial charge >= 0.3 is 0 Å². The summed E-state index contributed by atoms with van der Waals surface area (Å²) < 4.78 is 19.7. The number of hydrogen-bond donors (Lipinski definition) is 0. The Balaban J connectivity index is 1.41. The zero-order chi connectivity index (χ0) is 19.5. The van der Waals surface area contributed by atoms with Gasteiger partial charge in [0.05, 0.1) is 5.69 Å². The number of fused-ring (bicyclic) bond motifs is 2. The quantitative estimate of drug-likeness (QED) is 0.696. The van der Waals surface area contributed by atoms with Crippen LogP contribution in [-0.4, -0.2) is 15.8 Å². The molecule has 28 heavy (non-hydrogen) atoms. The summed E-state index contributed by atoms with van der Waals surface area (Å²) in [5, 5.41) is 0. The molecule has 2 heterocycles. The molecule has 1 saturated carbocycles. The third-order valence-electron chi connectivity index (χ3n) is 5.77. The fraction of sp³-hybridized carbons (Fsp3) is 0.348. The number of Topliss-reactive ketones (excluding diaryl/α,β-unsaturated/α-hetero) is 1. The van der Waals surface area contributed by atoms with E-state index in [4.69, 9.17) is 4.42 Å². The number of aromatic nitrogens is 2. The minimum absolute atomic E-state index is 0.0245. The summed E-state index contributed by atoms with van der Waals surface area (Å²) in [4.78, 5) is 20.8. The molecule has 0 aromatic carbocycles. The number of oxazole rings is 1. The number of aryl methyl sites for hydroxylation is 1. The third-order valence-corrected chi connectivity index (χ3v) is 5.77. The van der Waals surface area contributed by atoms with Crippen LogP contribution in [0.3, 0.4) is 0 Å². The minimum atomic E-state index is -0.648. The normalized spacial score (nSPS) is 24.0. The van der Waals surface area contributed by atoms with Crippen molar-refractivity contribution >= 4 is 11.4 Å². The summed E-state index contributed by atoms with van der Waals surface area (Å²) in [6.07, 6.45) is 8.64. The molecule has 0 radical (unpaired) electrons. The van der Waals surface area contributed by atoms with E-state index in [1.54, 1.807) is 12.1 Å². The zero-order valence-electron chi connectivity index (χ0n) is 15.8. The Bertz CT molecular complexity index is 1130. The number of pyridine rings is 1. The van der Waals surface area contributed by atoms with Crippen molar-refractivity contribution in [3.8, 4) is 11.8 Å². The fourth-order valence-electron chi connectivity index (χ4n) is 3.84. The van der Waals surface area contributed by atoms with Crippen molar-refractivity contribution in [1.29, 1.82) is 0 Å². The number of carbonyl (C=O) groups is 1. The summed E-state index contributed by atoms with van der Waals surface area (Å²) in [6, 6.07) is 3.49. The van der Waals surface area contributed by atoms with Gasteiger partial charge in [0, 0.05) is 16.6 Å². The summed E-state index contributed by atoms with van der Waals surface area (Å²) in [6.45, 7) is 3.92. The molecule has 4 nitrogen and oxygen atoms in total. The average molecular weight is 374 g/mol. The van der Waals surface area contributed by atoms with Crippen LogP contribution in [0.1, 0.15) is 60.1 Å². The molecule has 0 aliphatic heterocycles. The van der Waals surface area contributed by atoms with Crippen LogP contribution in [0.2, 0.25) is 0 Å². The van der Waals surface area contributed by atoms with Gasteiger partial charge in [0.2, 0.25) is 0 Å². The van der Waals surface area contributed by atoms with Crippen molar-refractivity contribution in [1.82, 2.24) is 9.97 Å². The number of nitrogens with zero attached hydrogens (tertiary/aromatic N) is 2. The molecule has 140 valence electrons.